The van der Waals surface area contributed by atoms with E-state index in [2.05, 4.69) is 10.4 Å². The molecule has 1 aromatic rings. The van der Waals surface area contributed by atoms with Gasteiger partial charge in [0.15, 0.2) is 0 Å². The van der Waals surface area contributed by atoms with E-state index in [0.717, 1.165) is 45.1 Å². The highest BCUT2D eigenvalue weighted by Crippen LogP contribution is 2.24. The summed E-state index contributed by atoms with van der Waals surface area (Å²) in [6, 6.07) is -0.743. The van der Waals surface area contributed by atoms with E-state index in [1.54, 1.807) is 0 Å². The summed E-state index contributed by atoms with van der Waals surface area (Å²) in [4.78, 5) is 39.3. The third-order valence-electron chi connectivity index (χ3n) is 5.02. The van der Waals surface area contributed by atoms with Gasteiger partial charge in [0.2, 0.25) is 11.7 Å². The van der Waals surface area contributed by atoms with Gasteiger partial charge < -0.3 is 14.6 Å². The van der Waals surface area contributed by atoms with Crippen LogP contribution in [0.1, 0.15) is 63.1 Å². The molecule has 1 N–H and O–H groups in total. The largest absolute Gasteiger partial charge is 0.437 e. The van der Waals surface area contributed by atoms with Crippen LogP contribution in [0.2, 0.25) is 0 Å². The van der Waals surface area contributed by atoms with Crippen molar-refractivity contribution in [2.45, 2.75) is 65.0 Å². The monoisotopic (exact) mass is 416 g/mol. The Bertz CT molecular complexity index is 692. The van der Waals surface area contributed by atoms with Gasteiger partial charge in [-0.15, -0.1) is 17.5 Å². The molecule has 1 aliphatic rings. The average Bonchev–Trinajstić information content (AvgIpc) is 3.00. The van der Waals surface area contributed by atoms with E-state index in [1.807, 2.05) is 32.8 Å². The number of hydrogen-bond donors (Lipinski definition) is 1. The molecule has 1 amide bonds. The van der Waals surface area contributed by atoms with Gasteiger partial charge in [0.05, 0.1) is 6.04 Å². The summed E-state index contributed by atoms with van der Waals surface area (Å²) in [5.41, 5.74) is 0. The molecule has 0 radical (unpaired) electrons. The van der Waals surface area contributed by atoms with E-state index >= 15 is 0 Å². The van der Waals surface area contributed by atoms with Crippen LogP contribution in [-0.4, -0.2) is 53.1 Å². The molecule has 1 aliphatic carbocycles. The van der Waals surface area contributed by atoms with Crippen molar-refractivity contribution in [1.29, 1.82) is 0 Å². The van der Waals surface area contributed by atoms with Crippen molar-refractivity contribution >= 4 is 24.1 Å². The first kappa shape index (κ1) is 24.4. The van der Waals surface area contributed by atoms with E-state index in [9.17, 15) is 14.4 Å². The van der Waals surface area contributed by atoms with Crippen molar-refractivity contribution in [3.8, 4) is 0 Å². The zero-order chi connectivity index (χ0) is 20.0. The number of Topliss-reactive ketones (excluding diaryl/α,β-unsaturated/α-hetero) is 1. The Morgan fingerprint density at radius 3 is 2.46 bits per heavy atom. The first-order valence-electron chi connectivity index (χ1n) is 9.87. The Hall–Kier alpha value is -1.67. The van der Waals surface area contributed by atoms with Crippen molar-refractivity contribution in [2.24, 2.45) is 11.8 Å². The molecule has 2 rings (SSSR count). The predicted octanol–water partition coefficient (Wildman–Crippen LogP) is 2.11. The van der Waals surface area contributed by atoms with Gasteiger partial charge in [-0.05, 0) is 45.8 Å². The highest BCUT2D eigenvalue weighted by molar-refractivity contribution is 5.98. The number of amides is 1. The topological polar surface area (TPSA) is 97.4 Å². The van der Waals surface area contributed by atoms with Gasteiger partial charge in [-0.25, -0.2) is 4.79 Å². The molecule has 0 saturated heterocycles. The Labute approximate surface area is 172 Å². The number of rotatable bonds is 9. The molecule has 0 bridgehead atoms. The maximum absolute atomic E-state index is 12.8. The van der Waals surface area contributed by atoms with E-state index in [4.69, 9.17) is 4.42 Å². The predicted molar refractivity (Wildman–Crippen MR) is 109 cm³/mol. The number of carbonyl (C=O) groups is 2. The lowest BCUT2D eigenvalue weighted by molar-refractivity contribution is -0.126. The number of aromatic nitrogens is 2. The summed E-state index contributed by atoms with van der Waals surface area (Å²) in [6.45, 7) is 4.90. The zero-order valence-corrected chi connectivity index (χ0v) is 18.1. The first-order valence-corrected chi connectivity index (χ1v) is 9.87. The molecule has 0 spiro atoms. The fourth-order valence-corrected chi connectivity index (χ4v) is 3.39. The van der Waals surface area contributed by atoms with Crippen LogP contribution in [0, 0.1) is 11.8 Å². The minimum atomic E-state index is -0.743. The maximum atomic E-state index is 12.8. The number of carbonyl (C=O) groups excluding carboxylic acids is 2. The van der Waals surface area contributed by atoms with Crippen molar-refractivity contribution in [3.63, 3.8) is 0 Å². The molecular formula is C19H33ClN4O4. The second-order valence-corrected chi connectivity index (χ2v) is 7.98. The lowest BCUT2D eigenvalue weighted by Crippen LogP contribution is -2.47. The van der Waals surface area contributed by atoms with Crippen LogP contribution in [0.4, 0.5) is 0 Å². The molecular weight excluding hydrogens is 384 g/mol. The van der Waals surface area contributed by atoms with E-state index in [0.29, 0.717) is 6.54 Å². The molecule has 1 fully saturated rings. The van der Waals surface area contributed by atoms with Crippen molar-refractivity contribution < 1.29 is 14.0 Å². The molecule has 1 heterocycles. The zero-order valence-electron chi connectivity index (χ0n) is 17.3. The normalized spacial score (nSPS) is 16.1. The molecule has 8 nitrogen and oxygen atoms in total. The molecule has 1 unspecified atom stereocenters. The number of nitrogens with one attached hydrogen (secondary N) is 1. The number of ketones is 1. The molecule has 9 heteroatoms. The third kappa shape index (κ3) is 6.74. The number of aryl methyl sites for hydroxylation is 1. The SMILES string of the molecule is CC(C)C(NC(=O)C1CCCCC1)C(=O)c1nn(CCCN(C)C)c(=O)o1.Cl. The Morgan fingerprint density at radius 2 is 1.89 bits per heavy atom. The van der Waals surface area contributed by atoms with Gasteiger partial charge in [0, 0.05) is 12.5 Å². The van der Waals surface area contributed by atoms with Crippen LogP contribution in [0.15, 0.2) is 9.21 Å². The summed E-state index contributed by atoms with van der Waals surface area (Å²) in [7, 11) is 3.89. The summed E-state index contributed by atoms with van der Waals surface area (Å²) in [6.07, 6.45) is 5.70. The lowest BCUT2D eigenvalue weighted by atomic mass is 9.88. The van der Waals surface area contributed by atoms with Crippen LogP contribution in [0.25, 0.3) is 0 Å². The van der Waals surface area contributed by atoms with Gasteiger partial charge in [-0.3, -0.25) is 9.59 Å². The second kappa shape index (κ2) is 11.4. The molecule has 0 aliphatic heterocycles. The molecule has 28 heavy (non-hydrogen) atoms. The van der Waals surface area contributed by atoms with Gasteiger partial charge in [0.1, 0.15) is 0 Å². The molecule has 1 aromatic heterocycles. The van der Waals surface area contributed by atoms with Crippen LogP contribution in [0.3, 0.4) is 0 Å². The first-order chi connectivity index (χ1) is 12.8. The molecule has 1 atom stereocenters. The maximum Gasteiger partial charge on any atom is 0.437 e. The summed E-state index contributed by atoms with van der Waals surface area (Å²) in [5.74, 6) is -1.57. The number of hydrogen-bond acceptors (Lipinski definition) is 6. The lowest BCUT2D eigenvalue weighted by Gasteiger charge is -2.25. The minimum absolute atomic E-state index is 0. The average molecular weight is 417 g/mol. The van der Waals surface area contributed by atoms with E-state index in [1.165, 1.54) is 4.68 Å². The van der Waals surface area contributed by atoms with E-state index in [-0.39, 0.29) is 36.0 Å². The van der Waals surface area contributed by atoms with Crippen LogP contribution < -0.4 is 11.1 Å². The second-order valence-electron chi connectivity index (χ2n) is 7.98. The fourth-order valence-electron chi connectivity index (χ4n) is 3.39. The van der Waals surface area contributed by atoms with Crippen molar-refractivity contribution in [1.82, 2.24) is 20.0 Å². The summed E-state index contributed by atoms with van der Waals surface area (Å²) < 4.78 is 6.25. The highest BCUT2D eigenvalue weighted by atomic mass is 35.5. The molecule has 1 saturated carbocycles. The molecule has 160 valence electrons. The van der Waals surface area contributed by atoms with Gasteiger partial charge >= 0.3 is 5.76 Å². The highest BCUT2D eigenvalue weighted by Gasteiger charge is 2.32. The Kier molecular flexibility index (Phi) is 9.89. The Morgan fingerprint density at radius 1 is 1.25 bits per heavy atom. The van der Waals surface area contributed by atoms with Crippen LogP contribution in [0.5, 0.6) is 0 Å². The molecule has 0 aromatic carbocycles. The van der Waals surface area contributed by atoms with Crippen LogP contribution >= 0.6 is 12.4 Å². The number of halogens is 1. The Balaban J connectivity index is 0.00000392. The quantitative estimate of drug-likeness (QED) is 0.619. The van der Waals surface area contributed by atoms with Gasteiger partial charge in [-0.1, -0.05) is 33.1 Å². The summed E-state index contributed by atoms with van der Waals surface area (Å²) >= 11 is 0. The number of nitrogens with zero attached hydrogens (tertiary/aromatic N) is 3. The van der Waals surface area contributed by atoms with Crippen molar-refractivity contribution in [3.05, 3.63) is 16.4 Å². The smallest absolute Gasteiger partial charge is 0.384 e. The van der Waals surface area contributed by atoms with Gasteiger partial charge in [0.25, 0.3) is 5.89 Å². The third-order valence-corrected chi connectivity index (χ3v) is 5.02. The van der Waals surface area contributed by atoms with Crippen LogP contribution in [-0.2, 0) is 11.3 Å². The standard InChI is InChI=1S/C19H32N4O4.ClH/c1-13(2)15(20-17(25)14-9-6-5-7-10-14)16(24)18-21-23(19(26)27-18)12-8-11-22(3)4;/h13-15H,5-12H2,1-4H3,(H,20,25);1H. The minimum Gasteiger partial charge on any atom is -0.384 e. The van der Waals surface area contributed by atoms with Gasteiger partial charge in [-0.2, -0.15) is 4.68 Å². The fraction of sp³-hybridized carbons (Fsp3) is 0.789. The van der Waals surface area contributed by atoms with Crippen molar-refractivity contribution in [2.75, 3.05) is 20.6 Å². The van der Waals surface area contributed by atoms with E-state index < -0.39 is 17.6 Å². The summed E-state index contributed by atoms with van der Waals surface area (Å²) in [5, 5.41) is 6.91.